The molecule has 144 valence electrons. The van der Waals surface area contributed by atoms with Crippen LogP contribution in [0.2, 0.25) is 0 Å². The average molecular weight is 375 g/mol. The topological polar surface area (TPSA) is 47.6 Å². The molecule has 0 saturated heterocycles. The quantitative estimate of drug-likeness (QED) is 0.661. The lowest BCUT2D eigenvalue weighted by Gasteiger charge is -2.15. The summed E-state index contributed by atoms with van der Waals surface area (Å²) in [5, 5.41) is 2.87. The summed E-state index contributed by atoms with van der Waals surface area (Å²) in [5.74, 6) is -0.0673. The average Bonchev–Trinajstić information content (AvgIpc) is 2.61. The van der Waals surface area contributed by atoms with E-state index < -0.39 is 6.61 Å². The number of amides is 1. The summed E-state index contributed by atoms with van der Waals surface area (Å²) in [6, 6.07) is 10.5. The number of alkyl halides is 2. The number of halogens is 2. The van der Waals surface area contributed by atoms with Crippen molar-refractivity contribution in [3.05, 3.63) is 59.2 Å². The Morgan fingerprint density at radius 3 is 2.48 bits per heavy atom. The number of carbonyl (C=O) groups excluding carboxylic acids is 1. The molecule has 0 saturated carbocycles. The lowest BCUT2D eigenvalue weighted by molar-refractivity contribution is -0.111. The minimum Gasteiger partial charge on any atom is -0.493 e. The Labute approximate surface area is 157 Å². The molecule has 0 unspecified atom stereocenters. The van der Waals surface area contributed by atoms with Crippen LogP contribution in [0.25, 0.3) is 6.08 Å². The van der Waals surface area contributed by atoms with Crippen LogP contribution < -0.4 is 14.8 Å². The van der Waals surface area contributed by atoms with Gasteiger partial charge in [-0.3, -0.25) is 4.79 Å². The molecule has 1 N–H and O–H groups in total. The van der Waals surface area contributed by atoms with Gasteiger partial charge in [0.1, 0.15) is 0 Å². The first-order valence-electron chi connectivity index (χ1n) is 8.53. The molecule has 6 heteroatoms. The zero-order chi connectivity index (χ0) is 20.0. The van der Waals surface area contributed by atoms with Crippen LogP contribution in [-0.2, 0) is 4.79 Å². The molecule has 0 radical (unpaired) electrons. The lowest BCUT2D eigenvalue weighted by atomic mass is 9.98. The summed E-state index contributed by atoms with van der Waals surface area (Å²) in [5.41, 5.74) is 3.06. The fraction of sp³-hybridized carbons (Fsp3) is 0.286. The predicted molar refractivity (Wildman–Crippen MR) is 103 cm³/mol. The van der Waals surface area contributed by atoms with Crippen LogP contribution in [0.5, 0.6) is 11.5 Å². The molecule has 0 heterocycles. The van der Waals surface area contributed by atoms with E-state index in [2.05, 4.69) is 10.1 Å². The molecule has 0 atom stereocenters. The SMILES string of the molecule is COc1cccc(/C=C/C(=O)Nc2c(C)cccc2C(C)C)c1OC(F)F. The number of hydrogen-bond donors (Lipinski definition) is 1. The Hall–Kier alpha value is -2.89. The highest BCUT2D eigenvalue weighted by atomic mass is 19.3. The second-order valence-electron chi connectivity index (χ2n) is 6.27. The maximum absolute atomic E-state index is 12.7. The Morgan fingerprint density at radius 1 is 1.15 bits per heavy atom. The summed E-state index contributed by atoms with van der Waals surface area (Å²) >= 11 is 0. The maximum Gasteiger partial charge on any atom is 0.387 e. The largest absolute Gasteiger partial charge is 0.493 e. The van der Waals surface area contributed by atoms with Gasteiger partial charge in [0.15, 0.2) is 11.5 Å². The van der Waals surface area contributed by atoms with Gasteiger partial charge >= 0.3 is 6.61 Å². The smallest absolute Gasteiger partial charge is 0.387 e. The van der Waals surface area contributed by atoms with Gasteiger partial charge in [0.05, 0.1) is 7.11 Å². The predicted octanol–water partition coefficient (Wildman–Crippen LogP) is 5.38. The number of aryl methyl sites for hydroxylation is 1. The third-order valence-corrected chi connectivity index (χ3v) is 4.03. The summed E-state index contributed by atoms with van der Waals surface area (Å²) in [7, 11) is 1.36. The third kappa shape index (κ3) is 5.29. The first-order valence-corrected chi connectivity index (χ1v) is 8.53. The van der Waals surface area contributed by atoms with Crippen molar-refractivity contribution in [1.29, 1.82) is 0 Å². The fourth-order valence-electron chi connectivity index (χ4n) is 2.71. The van der Waals surface area contributed by atoms with E-state index in [0.717, 1.165) is 16.8 Å². The van der Waals surface area contributed by atoms with E-state index in [1.54, 1.807) is 12.1 Å². The standard InChI is InChI=1S/C21H23F2NO3/c1-13(2)16-9-5-7-14(3)19(16)24-18(25)12-11-15-8-6-10-17(26-4)20(15)27-21(22)23/h5-13,21H,1-4H3,(H,24,25)/b12-11+. The number of para-hydroxylation sites is 2. The van der Waals surface area contributed by atoms with Crippen molar-refractivity contribution >= 4 is 17.7 Å². The van der Waals surface area contributed by atoms with E-state index in [1.165, 1.54) is 25.3 Å². The molecule has 27 heavy (non-hydrogen) atoms. The van der Waals surface area contributed by atoms with Gasteiger partial charge in [-0.1, -0.05) is 44.2 Å². The number of anilines is 1. The number of nitrogens with one attached hydrogen (secondary N) is 1. The summed E-state index contributed by atoms with van der Waals surface area (Å²) in [6.45, 7) is 3.01. The molecule has 0 aromatic heterocycles. The molecule has 2 aromatic carbocycles. The summed E-state index contributed by atoms with van der Waals surface area (Å²) < 4.78 is 35.0. The van der Waals surface area contributed by atoms with Crippen molar-refractivity contribution in [2.45, 2.75) is 33.3 Å². The van der Waals surface area contributed by atoms with E-state index in [-0.39, 0.29) is 23.3 Å². The highest BCUT2D eigenvalue weighted by molar-refractivity contribution is 6.03. The van der Waals surface area contributed by atoms with Crippen LogP contribution in [0.3, 0.4) is 0 Å². The molecule has 0 spiro atoms. The minimum absolute atomic E-state index is 0.113. The minimum atomic E-state index is -3.00. The normalized spacial score (nSPS) is 11.3. The summed E-state index contributed by atoms with van der Waals surface area (Å²) in [6.07, 6.45) is 2.70. The molecule has 0 fully saturated rings. The third-order valence-electron chi connectivity index (χ3n) is 4.03. The van der Waals surface area contributed by atoms with Gasteiger partial charge in [0.2, 0.25) is 5.91 Å². The molecule has 1 amide bonds. The van der Waals surface area contributed by atoms with Crippen LogP contribution in [0.15, 0.2) is 42.5 Å². The number of hydrogen-bond acceptors (Lipinski definition) is 3. The summed E-state index contributed by atoms with van der Waals surface area (Å²) in [4.78, 5) is 12.4. The Balaban J connectivity index is 2.26. The molecule has 0 aliphatic carbocycles. The van der Waals surface area contributed by atoms with Gasteiger partial charge in [-0.25, -0.2) is 0 Å². The van der Waals surface area contributed by atoms with Crippen LogP contribution in [0.4, 0.5) is 14.5 Å². The van der Waals surface area contributed by atoms with Gasteiger partial charge in [-0.05, 0) is 36.1 Å². The van der Waals surface area contributed by atoms with E-state index in [4.69, 9.17) is 4.74 Å². The van der Waals surface area contributed by atoms with Crippen LogP contribution in [0.1, 0.15) is 36.5 Å². The van der Waals surface area contributed by atoms with E-state index >= 15 is 0 Å². The number of rotatable bonds is 7. The van der Waals surface area contributed by atoms with Gasteiger partial charge in [-0.15, -0.1) is 0 Å². The van der Waals surface area contributed by atoms with Gasteiger partial charge in [0.25, 0.3) is 0 Å². The molecule has 0 aliphatic rings. The zero-order valence-electron chi connectivity index (χ0n) is 15.8. The van der Waals surface area contributed by atoms with Crippen LogP contribution in [-0.4, -0.2) is 19.6 Å². The van der Waals surface area contributed by atoms with Crippen molar-refractivity contribution in [1.82, 2.24) is 0 Å². The van der Waals surface area contributed by atoms with Crippen molar-refractivity contribution in [2.24, 2.45) is 0 Å². The first kappa shape index (κ1) is 20.4. The highest BCUT2D eigenvalue weighted by Gasteiger charge is 2.15. The second kappa shape index (κ2) is 9.16. The maximum atomic E-state index is 12.7. The first-order chi connectivity index (χ1) is 12.8. The van der Waals surface area contributed by atoms with Gasteiger partial charge < -0.3 is 14.8 Å². The molecule has 2 aromatic rings. The molecular weight excluding hydrogens is 352 g/mol. The van der Waals surface area contributed by atoms with Crippen molar-refractivity contribution in [2.75, 3.05) is 12.4 Å². The highest BCUT2D eigenvalue weighted by Crippen LogP contribution is 2.33. The monoisotopic (exact) mass is 375 g/mol. The van der Waals surface area contributed by atoms with Crippen LogP contribution in [0, 0.1) is 6.92 Å². The van der Waals surface area contributed by atoms with Gasteiger partial charge in [-0.2, -0.15) is 8.78 Å². The molecule has 4 nitrogen and oxygen atoms in total. The molecule has 2 rings (SSSR count). The Morgan fingerprint density at radius 2 is 1.85 bits per heavy atom. The number of carbonyl (C=O) groups is 1. The zero-order valence-corrected chi connectivity index (χ0v) is 15.8. The fourth-order valence-corrected chi connectivity index (χ4v) is 2.71. The van der Waals surface area contributed by atoms with E-state index in [9.17, 15) is 13.6 Å². The van der Waals surface area contributed by atoms with Crippen molar-refractivity contribution < 1.29 is 23.0 Å². The second-order valence-corrected chi connectivity index (χ2v) is 6.27. The van der Waals surface area contributed by atoms with E-state index in [0.29, 0.717) is 5.56 Å². The van der Waals surface area contributed by atoms with E-state index in [1.807, 2.05) is 39.0 Å². The molecule has 0 aliphatic heterocycles. The van der Waals surface area contributed by atoms with Crippen molar-refractivity contribution in [3.63, 3.8) is 0 Å². The lowest BCUT2D eigenvalue weighted by Crippen LogP contribution is -2.12. The number of benzene rings is 2. The number of ether oxygens (including phenoxy) is 2. The van der Waals surface area contributed by atoms with Gasteiger partial charge in [0, 0.05) is 17.3 Å². The number of methoxy groups -OCH3 is 1. The Kier molecular flexibility index (Phi) is 6.93. The molecular formula is C21H23F2NO3. The van der Waals surface area contributed by atoms with Crippen molar-refractivity contribution in [3.8, 4) is 11.5 Å². The Bertz CT molecular complexity index is 832. The van der Waals surface area contributed by atoms with Crippen LogP contribution >= 0.6 is 0 Å². The molecule has 0 bridgehead atoms.